The minimum atomic E-state index is -2.85. The Balaban J connectivity index is 1.33. The fraction of sp³-hybridized carbons (Fsp3) is 0.538. The molecule has 34 heavy (non-hydrogen) atoms. The number of alkyl halides is 2. The van der Waals surface area contributed by atoms with Gasteiger partial charge >= 0.3 is 0 Å². The Morgan fingerprint density at radius 1 is 0.941 bits per heavy atom. The number of ether oxygens (including phenoxy) is 1. The van der Waals surface area contributed by atoms with Crippen molar-refractivity contribution in [1.82, 2.24) is 9.80 Å². The number of piperazine rings is 1. The van der Waals surface area contributed by atoms with Gasteiger partial charge in [0.1, 0.15) is 6.23 Å². The number of rotatable bonds is 11. The first kappa shape index (κ1) is 26.5. The van der Waals surface area contributed by atoms with E-state index in [-0.39, 0.29) is 18.8 Å². The normalized spacial score (nSPS) is 17.5. The first-order valence-corrected chi connectivity index (χ1v) is 11.8. The van der Waals surface area contributed by atoms with Crippen LogP contribution in [0.2, 0.25) is 0 Å². The summed E-state index contributed by atoms with van der Waals surface area (Å²) < 4.78 is 32.1. The molecule has 0 saturated carbocycles. The van der Waals surface area contributed by atoms with Crippen molar-refractivity contribution < 1.29 is 23.7 Å². The molecule has 3 N–H and O–H groups in total. The van der Waals surface area contributed by atoms with Gasteiger partial charge in [-0.25, -0.2) is 8.78 Å². The van der Waals surface area contributed by atoms with E-state index in [1.54, 1.807) is 12.1 Å². The fourth-order valence-corrected chi connectivity index (χ4v) is 4.21. The Hall–Kier alpha value is -2.10. The molecule has 0 aromatic heterocycles. The van der Waals surface area contributed by atoms with Crippen LogP contribution in [0, 0.1) is 13.8 Å². The zero-order valence-electron chi connectivity index (χ0n) is 20.3. The van der Waals surface area contributed by atoms with E-state index in [0.717, 1.165) is 55.5 Å². The van der Waals surface area contributed by atoms with Gasteiger partial charge < -0.3 is 20.3 Å². The van der Waals surface area contributed by atoms with Crippen LogP contribution in [-0.4, -0.2) is 78.2 Å². The molecule has 1 aliphatic rings. The third kappa shape index (κ3) is 7.99. The molecule has 3 rings (SSSR count). The van der Waals surface area contributed by atoms with Gasteiger partial charge in [-0.05, 0) is 30.5 Å². The predicted molar refractivity (Wildman–Crippen MR) is 130 cm³/mol. The highest BCUT2D eigenvalue weighted by molar-refractivity contribution is 5.56. The summed E-state index contributed by atoms with van der Waals surface area (Å²) >= 11 is 0. The number of β-amino-alcohol motifs (C(OH)–C–C–N with tert-alkyl or cyclic N) is 2. The lowest BCUT2D eigenvalue weighted by Crippen LogP contribution is -2.51. The van der Waals surface area contributed by atoms with Gasteiger partial charge in [-0.1, -0.05) is 42.5 Å². The molecule has 2 unspecified atom stereocenters. The van der Waals surface area contributed by atoms with Crippen LogP contribution >= 0.6 is 0 Å². The number of para-hydroxylation sites is 1. The maximum absolute atomic E-state index is 13.3. The summed E-state index contributed by atoms with van der Waals surface area (Å²) in [6.07, 6.45) is -1.27. The number of nitrogens with one attached hydrogen (secondary N) is 1. The van der Waals surface area contributed by atoms with Crippen LogP contribution in [0.4, 0.5) is 14.5 Å². The second-order valence-corrected chi connectivity index (χ2v) is 9.28. The van der Waals surface area contributed by atoms with Gasteiger partial charge in [0.2, 0.25) is 0 Å². The quantitative estimate of drug-likeness (QED) is 0.432. The fourth-order valence-electron chi connectivity index (χ4n) is 4.21. The lowest BCUT2D eigenvalue weighted by atomic mass is 10.1. The molecule has 1 heterocycles. The van der Waals surface area contributed by atoms with Crippen LogP contribution in [0.15, 0.2) is 42.5 Å². The third-order valence-electron chi connectivity index (χ3n) is 6.20. The number of benzene rings is 2. The van der Waals surface area contributed by atoms with E-state index in [9.17, 15) is 19.0 Å². The lowest BCUT2D eigenvalue weighted by molar-refractivity contribution is -0.00126. The zero-order valence-corrected chi connectivity index (χ0v) is 20.3. The van der Waals surface area contributed by atoms with Gasteiger partial charge in [-0.15, -0.1) is 0 Å². The molecule has 2 atom stereocenters. The molecule has 0 amide bonds. The number of nitrogens with zero attached hydrogens (tertiary/aromatic N) is 2. The number of aliphatic hydroxyl groups is 2. The Kier molecular flexibility index (Phi) is 9.39. The smallest absolute Gasteiger partial charge is 0.270 e. The zero-order chi connectivity index (χ0) is 24.7. The SMILES string of the molecule is Cc1cccc(C)c1NC(O)CN1CCN(CC(O)COCc2ccc(C(C)(F)F)cc2)CC1. The summed E-state index contributed by atoms with van der Waals surface area (Å²) in [6.45, 7) is 9.67. The van der Waals surface area contributed by atoms with Crippen molar-refractivity contribution in [3.63, 3.8) is 0 Å². The molecule has 2 aromatic carbocycles. The highest BCUT2D eigenvalue weighted by atomic mass is 19.3. The van der Waals surface area contributed by atoms with Crippen molar-refractivity contribution in [3.05, 3.63) is 64.7 Å². The summed E-state index contributed by atoms with van der Waals surface area (Å²) in [6, 6.07) is 12.1. The summed E-state index contributed by atoms with van der Waals surface area (Å²) in [7, 11) is 0. The molecule has 1 aliphatic heterocycles. The van der Waals surface area contributed by atoms with E-state index >= 15 is 0 Å². The number of halogens is 2. The second-order valence-electron chi connectivity index (χ2n) is 9.28. The molecular formula is C26H37F2N3O3. The van der Waals surface area contributed by atoms with Gasteiger partial charge in [0.25, 0.3) is 5.92 Å². The van der Waals surface area contributed by atoms with Crippen LogP contribution in [0.5, 0.6) is 0 Å². The first-order valence-electron chi connectivity index (χ1n) is 11.8. The standard InChI is InChI=1S/C26H37F2N3O3/c1-19-5-4-6-20(2)25(19)29-24(33)16-31-13-11-30(12-14-31)15-23(32)18-34-17-21-7-9-22(10-8-21)26(3,27)28/h4-10,23-24,29,32-33H,11-18H2,1-3H3. The monoisotopic (exact) mass is 477 g/mol. The minimum Gasteiger partial charge on any atom is -0.389 e. The van der Waals surface area contributed by atoms with E-state index < -0.39 is 18.3 Å². The molecule has 1 fully saturated rings. The summed E-state index contributed by atoms with van der Waals surface area (Å²) in [5.41, 5.74) is 3.97. The van der Waals surface area contributed by atoms with Crippen LogP contribution in [0.25, 0.3) is 0 Å². The molecule has 1 saturated heterocycles. The number of hydrogen-bond acceptors (Lipinski definition) is 6. The first-order chi connectivity index (χ1) is 16.1. The number of aryl methyl sites for hydroxylation is 2. The van der Waals surface area contributed by atoms with Gasteiger partial charge in [0.15, 0.2) is 0 Å². The molecule has 6 nitrogen and oxygen atoms in total. The van der Waals surface area contributed by atoms with Crippen molar-refractivity contribution >= 4 is 5.69 Å². The molecule has 0 aliphatic carbocycles. The van der Waals surface area contributed by atoms with Crippen molar-refractivity contribution in [2.24, 2.45) is 0 Å². The number of aliphatic hydroxyl groups excluding tert-OH is 2. The van der Waals surface area contributed by atoms with Crippen molar-refractivity contribution in [3.8, 4) is 0 Å². The summed E-state index contributed by atoms with van der Waals surface area (Å²) in [5, 5.41) is 24.1. The van der Waals surface area contributed by atoms with Crippen molar-refractivity contribution in [2.75, 3.05) is 51.2 Å². The van der Waals surface area contributed by atoms with Gasteiger partial charge in [0, 0.05) is 57.4 Å². The lowest BCUT2D eigenvalue weighted by Gasteiger charge is -2.36. The highest BCUT2D eigenvalue weighted by Crippen LogP contribution is 2.27. The molecule has 0 radical (unpaired) electrons. The van der Waals surface area contributed by atoms with E-state index in [2.05, 4.69) is 15.1 Å². The summed E-state index contributed by atoms with van der Waals surface area (Å²) in [4.78, 5) is 4.40. The highest BCUT2D eigenvalue weighted by Gasteiger charge is 2.24. The van der Waals surface area contributed by atoms with Crippen LogP contribution in [0.3, 0.4) is 0 Å². The maximum atomic E-state index is 13.3. The molecule has 8 heteroatoms. The van der Waals surface area contributed by atoms with E-state index in [4.69, 9.17) is 4.74 Å². The Labute approximate surface area is 201 Å². The van der Waals surface area contributed by atoms with Crippen LogP contribution in [0.1, 0.15) is 29.2 Å². The average molecular weight is 478 g/mol. The Morgan fingerprint density at radius 3 is 2.06 bits per heavy atom. The molecule has 2 aromatic rings. The Morgan fingerprint density at radius 2 is 1.50 bits per heavy atom. The number of hydrogen-bond donors (Lipinski definition) is 3. The second kappa shape index (κ2) is 12.0. The van der Waals surface area contributed by atoms with Crippen molar-refractivity contribution in [1.29, 1.82) is 0 Å². The summed E-state index contributed by atoms with van der Waals surface area (Å²) in [5.74, 6) is -2.85. The largest absolute Gasteiger partial charge is 0.389 e. The van der Waals surface area contributed by atoms with E-state index in [0.29, 0.717) is 13.1 Å². The molecule has 0 spiro atoms. The number of anilines is 1. The topological polar surface area (TPSA) is 68.2 Å². The van der Waals surface area contributed by atoms with Crippen LogP contribution in [-0.2, 0) is 17.3 Å². The third-order valence-corrected chi connectivity index (χ3v) is 6.20. The van der Waals surface area contributed by atoms with Crippen LogP contribution < -0.4 is 5.32 Å². The minimum absolute atomic E-state index is 0.0241. The van der Waals surface area contributed by atoms with Gasteiger partial charge in [-0.3, -0.25) is 9.80 Å². The average Bonchev–Trinajstić information content (AvgIpc) is 2.77. The van der Waals surface area contributed by atoms with Gasteiger partial charge in [-0.2, -0.15) is 0 Å². The van der Waals surface area contributed by atoms with E-state index in [1.165, 1.54) is 12.1 Å². The Bertz CT molecular complexity index is 877. The predicted octanol–water partition coefficient (Wildman–Crippen LogP) is 3.34. The molecular weight excluding hydrogens is 440 g/mol. The van der Waals surface area contributed by atoms with Crippen molar-refractivity contribution in [2.45, 2.75) is 45.6 Å². The van der Waals surface area contributed by atoms with E-state index in [1.807, 2.05) is 32.0 Å². The maximum Gasteiger partial charge on any atom is 0.270 e. The van der Waals surface area contributed by atoms with Gasteiger partial charge in [0.05, 0.1) is 19.3 Å². The molecule has 188 valence electrons. The molecule has 0 bridgehead atoms.